The molecule has 10 heteroatoms. The lowest BCUT2D eigenvalue weighted by molar-refractivity contribution is -0.120. The molecule has 0 aliphatic carbocycles. The number of nitrogens with zero attached hydrogens (tertiary/aromatic N) is 4. The summed E-state index contributed by atoms with van der Waals surface area (Å²) < 4.78 is 0. The van der Waals surface area contributed by atoms with E-state index in [2.05, 4.69) is 61.2 Å². The van der Waals surface area contributed by atoms with Gasteiger partial charge in [0.2, 0.25) is 5.95 Å². The molecule has 230 valence electrons. The molecule has 2 amide bonds. The van der Waals surface area contributed by atoms with E-state index in [0.29, 0.717) is 29.3 Å². The molecule has 0 radical (unpaired) electrons. The van der Waals surface area contributed by atoms with Crippen molar-refractivity contribution >= 4 is 40.6 Å². The lowest BCUT2D eigenvalue weighted by atomic mass is 10.00. The third-order valence-electron chi connectivity index (χ3n) is 8.37. The number of hydrogen-bond donors (Lipinski definition) is 4. The number of hydrogen-bond acceptors (Lipinski definition) is 8. The average molecular weight is 611 g/mol. The number of nitrogen functional groups attached to an aromatic ring is 1. The number of amides is 2. The van der Waals surface area contributed by atoms with Crippen molar-refractivity contribution in [2.75, 3.05) is 47.4 Å². The number of nitrogens with one attached hydrogen (secondary N) is 3. The second-order valence-electron chi connectivity index (χ2n) is 11.4. The Morgan fingerprint density at radius 3 is 2.39 bits per heavy atom. The highest BCUT2D eigenvalue weighted by Crippen LogP contribution is 2.35. The van der Waals surface area contributed by atoms with Gasteiger partial charge < -0.3 is 31.5 Å². The van der Waals surface area contributed by atoms with Gasteiger partial charge in [0, 0.05) is 61.5 Å². The van der Waals surface area contributed by atoms with E-state index in [1.807, 2.05) is 54.6 Å². The summed E-state index contributed by atoms with van der Waals surface area (Å²) in [6, 6.07) is 32.1. The quantitative estimate of drug-likeness (QED) is 0.188. The molecule has 1 fully saturated rings. The van der Waals surface area contributed by atoms with Crippen LogP contribution in [0.1, 0.15) is 27.5 Å². The van der Waals surface area contributed by atoms with Crippen LogP contribution in [-0.2, 0) is 11.3 Å². The Bertz CT molecular complexity index is 1870. The second-order valence-corrected chi connectivity index (χ2v) is 11.4. The SMILES string of the molecule is Nc1nccc(Nc2cccc(NC(=O)C(c3ccccc3)N3Cc4cc(-c5ccc(N6CCNCC6)cc5)ccc4C3=O)c2)n1. The number of anilines is 5. The first-order chi connectivity index (χ1) is 22.5. The van der Waals surface area contributed by atoms with Gasteiger partial charge in [0.1, 0.15) is 11.9 Å². The van der Waals surface area contributed by atoms with Crippen molar-refractivity contribution in [3.63, 3.8) is 0 Å². The average Bonchev–Trinajstić information content (AvgIpc) is 3.40. The zero-order valence-electron chi connectivity index (χ0n) is 25.2. The number of fused-ring (bicyclic) bond motifs is 1. The number of rotatable bonds is 8. The summed E-state index contributed by atoms with van der Waals surface area (Å²) in [6.07, 6.45) is 1.57. The van der Waals surface area contributed by atoms with Crippen molar-refractivity contribution < 1.29 is 9.59 Å². The Kier molecular flexibility index (Phi) is 8.01. The molecule has 0 spiro atoms. The number of piperazine rings is 1. The Morgan fingerprint density at radius 2 is 1.61 bits per heavy atom. The van der Waals surface area contributed by atoms with Gasteiger partial charge in [-0.1, -0.05) is 54.6 Å². The van der Waals surface area contributed by atoms with Gasteiger partial charge in [-0.3, -0.25) is 9.59 Å². The van der Waals surface area contributed by atoms with Crippen molar-refractivity contribution in [2.45, 2.75) is 12.6 Å². The summed E-state index contributed by atoms with van der Waals surface area (Å²) in [5.74, 6) is 0.219. The molecule has 7 rings (SSSR count). The van der Waals surface area contributed by atoms with Gasteiger partial charge in [0.15, 0.2) is 0 Å². The largest absolute Gasteiger partial charge is 0.369 e. The Balaban J connectivity index is 1.11. The van der Waals surface area contributed by atoms with E-state index in [4.69, 9.17) is 5.73 Å². The molecule has 1 aromatic heterocycles. The van der Waals surface area contributed by atoms with Crippen LogP contribution in [0.4, 0.5) is 28.8 Å². The first-order valence-electron chi connectivity index (χ1n) is 15.3. The molecular weight excluding hydrogens is 576 g/mol. The summed E-state index contributed by atoms with van der Waals surface area (Å²) in [5.41, 5.74) is 12.6. The van der Waals surface area contributed by atoms with Crippen LogP contribution < -0.4 is 26.6 Å². The highest BCUT2D eigenvalue weighted by atomic mass is 16.2. The van der Waals surface area contributed by atoms with Crippen molar-refractivity contribution in [1.82, 2.24) is 20.2 Å². The van der Waals surface area contributed by atoms with Gasteiger partial charge in [0.05, 0.1) is 0 Å². The minimum atomic E-state index is -0.832. The van der Waals surface area contributed by atoms with Crippen molar-refractivity contribution in [1.29, 1.82) is 0 Å². The molecule has 1 saturated heterocycles. The van der Waals surface area contributed by atoms with E-state index in [1.165, 1.54) is 5.69 Å². The van der Waals surface area contributed by atoms with Crippen molar-refractivity contribution in [2.24, 2.45) is 0 Å². The van der Waals surface area contributed by atoms with Crippen molar-refractivity contribution in [3.8, 4) is 11.1 Å². The van der Waals surface area contributed by atoms with Gasteiger partial charge in [0.25, 0.3) is 11.8 Å². The number of carbonyl (C=O) groups is 2. The number of nitrogens with two attached hydrogens (primary N) is 1. The molecule has 5 aromatic rings. The normalized spacial score (nSPS) is 14.9. The molecule has 0 saturated carbocycles. The minimum absolute atomic E-state index is 0.160. The standard InChI is InChI=1S/C36H34N8O2/c37-36-39-16-15-32(42-36)40-28-7-4-8-29(22-28)41-34(45)33(25-5-2-1-3-6-25)44-23-27-21-26(11-14-31(27)35(44)46)24-9-12-30(13-10-24)43-19-17-38-18-20-43/h1-16,21-22,33,38H,17-20,23H2,(H,41,45)(H3,37,39,40,42). The summed E-state index contributed by atoms with van der Waals surface area (Å²) in [4.78, 5) is 39.9. The van der Waals surface area contributed by atoms with Crippen LogP contribution in [0.2, 0.25) is 0 Å². The molecule has 2 aliphatic rings. The van der Waals surface area contributed by atoms with Gasteiger partial charge >= 0.3 is 0 Å². The molecular formula is C36H34N8O2. The molecule has 2 aliphatic heterocycles. The monoisotopic (exact) mass is 610 g/mol. The van der Waals surface area contributed by atoms with Crippen LogP contribution in [0.25, 0.3) is 11.1 Å². The van der Waals surface area contributed by atoms with Crippen LogP contribution in [0.3, 0.4) is 0 Å². The van der Waals surface area contributed by atoms with Crippen LogP contribution in [0, 0.1) is 0 Å². The zero-order valence-corrected chi connectivity index (χ0v) is 25.2. The molecule has 46 heavy (non-hydrogen) atoms. The summed E-state index contributed by atoms with van der Waals surface area (Å²) >= 11 is 0. The number of aromatic nitrogens is 2. The predicted octanol–water partition coefficient (Wildman–Crippen LogP) is 5.21. The maximum atomic E-state index is 14.0. The molecule has 10 nitrogen and oxygen atoms in total. The van der Waals surface area contributed by atoms with Crippen LogP contribution in [-0.4, -0.2) is 52.9 Å². The van der Waals surface area contributed by atoms with E-state index in [-0.39, 0.29) is 17.8 Å². The Labute approximate surface area is 267 Å². The maximum absolute atomic E-state index is 14.0. The van der Waals surface area contributed by atoms with E-state index < -0.39 is 6.04 Å². The van der Waals surface area contributed by atoms with E-state index >= 15 is 0 Å². The van der Waals surface area contributed by atoms with E-state index in [0.717, 1.165) is 48.4 Å². The van der Waals surface area contributed by atoms with Gasteiger partial charge in [-0.2, -0.15) is 4.98 Å². The van der Waals surface area contributed by atoms with Gasteiger partial charge in [-0.25, -0.2) is 4.98 Å². The highest BCUT2D eigenvalue weighted by molar-refractivity contribution is 6.04. The third-order valence-corrected chi connectivity index (χ3v) is 8.37. The molecule has 1 unspecified atom stereocenters. The Hall–Kier alpha value is -5.74. The summed E-state index contributed by atoms with van der Waals surface area (Å²) in [6.45, 7) is 4.29. The smallest absolute Gasteiger partial charge is 0.255 e. The number of benzene rings is 4. The third kappa shape index (κ3) is 6.11. The molecule has 1 atom stereocenters. The summed E-state index contributed by atoms with van der Waals surface area (Å²) in [5, 5.41) is 9.61. The predicted molar refractivity (Wildman–Crippen MR) is 181 cm³/mol. The topological polar surface area (TPSA) is 129 Å². The fourth-order valence-electron chi connectivity index (χ4n) is 6.10. The van der Waals surface area contributed by atoms with Crippen molar-refractivity contribution in [3.05, 3.63) is 126 Å². The number of carbonyl (C=O) groups excluding carboxylic acids is 2. The maximum Gasteiger partial charge on any atom is 0.255 e. The lowest BCUT2D eigenvalue weighted by Crippen LogP contribution is -2.43. The summed E-state index contributed by atoms with van der Waals surface area (Å²) in [7, 11) is 0. The van der Waals surface area contributed by atoms with E-state index in [1.54, 1.807) is 29.3 Å². The minimum Gasteiger partial charge on any atom is -0.369 e. The fraction of sp³-hybridized carbons (Fsp3) is 0.167. The second kappa shape index (κ2) is 12.7. The van der Waals surface area contributed by atoms with E-state index in [9.17, 15) is 9.59 Å². The Morgan fingerprint density at radius 1 is 0.848 bits per heavy atom. The van der Waals surface area contributed by atoms with Crippen LogP contribution >= 0.6 is 0 Å². The molecule has 0 bridgehead atoms. The van der Waals surface area contributed by atoms with Gasteiger partial charge in [-0.15, -0.1) is 0 Å². The zero-order chi connectivity index (χ0) is 31.5. The van der Waals surface area contributed by atoms with Crippen LogP contribution in [0.5, 0.6) is 0 Å². The first-order valence-corrected chi connectivity index (χ1v) is 15.3. The van der Waals surface area contributed by atoms with Gasteiger partial charge in [-0.05, 0) is 70.8 Å². The first kappa shape index (κ1) is 29.0. The fourth-order valence-corrected chi connectivity index (χ4v) is 6.10. The molecule has 5 N–H and O–H groups in total. The lowest BCUT2D eigenvalue weighted by Gasteiger charge is -2.29. The van der Waals surface area contributed by atoms with Crippen LogP contribution in [0.15, 0.2) is 109 Å². The molecule has 3 heterocycles. The molecule has 4 aromatic carbocycles. The highest BCUT2D eigenvalue weighted by Gasteiger charge is 2.37.